The molecule has 1 heterocycles. The highest BCUT2D eigenvalue weighted by Gasteiger charge is 2.41. The van der Waals surface area contributed by atoms with Crippen molar-refractivity contribution in [1.82, 2.24) is 4.90 Å². The van der Waals surface area contributed by atoms with E-state index < -0.39 is 17.9 Å². The number of anilines is 1. The Bertz CT molecular complexity index is 1070. The first kappa shape index (κ1) is 17.9. The van der Waals surface area contributed by atoms with Crippen LogP contribution in [0.25, 0.3) is 10.8 Å². The van der Waals surface area contributed by atoms with Gasteiger partial charge in [-0.2, -0.15) is 0 Å². The molecule has 0 aromatic heterocycles. The molecule has 5 nitrogen and oxygen atoms in total. The zero-order chi connectivity index (χ0) is 19.8. The van der Waals surface area contributed by atoms with E-state index in [4.69, 9.17) is 0 Å². The van der Waals surface area contributed by atoms with Gasteiger partial charge in [0.25, 0.3) is 11.8 Å². The highest BCUT2D eigenvalue weighted by atomic mass is 16.2. The van der Waals surface area contributed by atoms with Gasteiger partial charge in [0.1, 0.15) is 6.04 Å². The quantitative estimate of drug-likeness (QED) is 0.653. The summed E-state index contributed by atoms with van der Waals surface area (Å²) in [6.07, 6.45) is 0. The molecule has 140 valence electrons. The summed E-state index contributed by atoms with van der Waals surface area (Å²) in [4.78, 5) is 41.3. The largest absolute Gasteiger partial charge is 0.311 e. The monoisotopic (exact) mass is 372 g/mol. The lowest BCUT2D eigenvalue weighted by Crippen LogP contribution is -2.49. The Morgan fingerprint density at radius 1 is 0.893 bits per heavy atom. The molecule has 3 amide bonds. The highest BCUT2D eigenvalue weighted by Crippen LogP contribution is 2.27. The molecule has 0 saturated heterocycles. The van der Waals surface area contributed by atoms with Crippen molar-refractivity contribution in [3.05, 3.63) is 77.9 Å². The lowest BCUT2D eigenvalue weighted by Gasteiger charge is -2.29. The summed E-state index contributed by atoms with van der Waals surface area (Å²) in [5, 5.41) is 2.11. The summed E-state index contributed by atoms with van der Waals surface area (Å²) in [6, 6.07) is 19.5. The number of amides is 3. The predicted octanol–water partition coefficient (Wildman–Crippen LogP) is 3.88. The normalized spacial score (nSPS) is 14.3. The molecule has 1 unspecified atom stereocenters. The van der Waals surface area contributed by atoms with Crippen LogP contribution in [-0.4, -0.2) is 35.2 Å². The summed E-state index contributed by atoms with van der Waals surface area (Å²) in [6.45, 7) is 3.92. The molecule has 0 aliphatic carbocycles. The van der Waals surface area contributed by atoms with Crippen LogP contribution in [-0.2, 0) is 4.79 Å². The number of imide groups is 1. The lowest BCUT2D eigenvalue weighted by atomic mass is 10.1. The minimum atomic E-state index is -0.890. The third kappa shape index (κ3) is 2.76. The molecule has 5 heteroatoms. The van der Waals surface area contributed by atoms with Crippen molar-refractivity contribution in [3.63, 3.8) is 0 Å². The molecule has 0 N–H and O–H groups in total. The average Bonchev–Trinajstić information content (AvgIpc) is 2.98. The topological polar surface area (TPSA) is 57.7 Å². The summed E-state index contributed by atoms with van der Waals surface area (Å²) in [5.41, 5.74) is 1.44. The van der Waals surface area contributed by atoms with Gasteiger partial charge >= 0.3 is 0 Å². The molecule has 0 radical (unpaired) electrons. The molecule has 1 aliphatic rings. The van der Waals surface area contributed by atoms with Crippen molar-refractivity contribution in [3.8, 4) is 0 Å². The average molecular weight is 372 g/mol. The zero-order valence-electron chi connectivity index (χ0n) is 15.8. The smallest absolute Gasteiger partial charge is 0.262 e. The number of rotatable bonds is 4. The fourth-order valence-corrected chi connectivity index (χ4v) is 3.71. The Labute approximate surface area is 163 Å². The fraction of sp³-hybridized carbons (Fsp3) is 0.174. The van der Waals surface area contributed by atoms with Crippen molar-refractivity contribution in [2.45, 2.75) is 19.9 Å². The summed E-state index contributed by atoms with van der Waals surface area (Å²) in [5.74, 6) is -1.13. The standard InChI is InChI=1S/C23H20N2O3/c1-3-24(18-13-12-16-8-4-5-9-17(16)14-18)21(26)15(2)25-22(27)19-10-6-7-11-20(19)23(25)28/h4-15H,3H2,1-2H3. The second-order valence-electron chi connectivity index (χ2n) is 6.82. The van der Waals surface area contributed by atoms with Crippen LogP contribution < -0.4 is 4.90 Å². The number of hydrogen-bond donors (Lipinski definition) is 0. The number of likely N-dealkylation sites (N-methyl/N-ethyl adjacent to an activating group) is 1. The third-order valence-corrected chi connectivity index (χ3v) is 5.20. The first-order chi connectivity index (χ1) is 13.5. The molecular weight excluding hydrogens is 352 g/mol. The van der Waals surface area contributed by atoms with Gasteiger partial charge in [-0.05, 0) is 48.9 Å². The Kier molecular flexibility index (Phi) is 4.43. The first-order valence-corrected chi connectivity index (χ1v) is 9.30. The molecule has 0 saturated carbocycles. The molecule has 0 spiro atoms. The highest BCUT2D eigenvalue weighted by molar-refractivity contribution is 6.23. The van der Waals surface area contributed by atoms with E-state index >= 15 is 0 Å². The summed E-state index contributed by atoms with van der Waals surface area (Å²) in [7, 11) is 0. The van der Waals surface area contributed by atoms with Crippen LogP contribution in [0.2, 0.25) is 0 Å². The maximum Gasteiger partial charge on any atom is 0.262 e. The van der Waals surface area contributed by atoms with Crippen LogP contribution in [0, 0.1) is 0 Å². The minimum Gasteiger partial charge on any atom is -0.311 e. The maximum atomic E-state index is 13.2. The van der Waals surface area contributed by atoms with E-state index in [0.717, 1.165) is 21.4 Å². The molecule has 0 bridgehead atoms. The third-order valence-electron chi connectivity index (χ3n) is 5.20. The molecule has 4 rings (SSSR count). The van der Waals surface area contributed by atoms with Crippen LogP contribution in [0.4, 0.5) is 5.69 Å². The van der Waals surface area contributed by atoms with Crippen molar-refractivity contribution >= 4 is 34.2 Å². The lowest BCUT2D eigenvalue weighted by molar-refractivity contribution is -0.121. The van der Waals surface area contributed by atoms with E-state index in [0.29, 0.717) is 17.7 Å². The van der Waals surface area contributed by atoms with E-state index in [-0.39, 0.29) is 5.91 Å². The zero-order valence-corrected chi connectivity index (χ0v) is 15.8. The molecule has 28 heavy (non-hydrogen) atoms. The van der Waals surface area contributed by atoms with Crippen LogP contribution in [0.3, 0.4) is 0 Å². The number of fused-ring (bicyclic) bond motifs is 2. The summed E-state index contributed by atoms with van der Waals surface area (Å²) >= 11 is 0. The number of carbonyl (C=O) groups is 3. The SMILES string of the molecule is CCN(C(=O)C(C)N1C(=O)c2ccccc2C1=O)c1ccc2ccccc2c1. The molecule has 1 atom stereocenters. The summed E-state index contributed by atoms with van der Waals surface area (Å²) < 4.78 is 0. The van der Waals surface area contributed by atoms with Crippen molar-refractivity contribution in [1.29, 1.82) is 0 Å². The van der Waals surface area contributed by atoms with E-state index in [9.17, 15) is 14.4 Å². The Morgan fingerprint density at radius 2 is 1.46 bits per heavy atom. The molecule has 1 aliphatic heterocycles. The van der Waals surface area contributed by atoms with Gasteiger partial charge in [-0.3, -0.25) is 19.3 Å². The minimum absolute atomic E-state index is 0.285. The maximum absolute atomic E-state index is 13.2. The predicted molar refractivity (Wildman–Crippen MR) is 108 cm³/mol. The van der Waals surface area contributed by atoms with Gasteiger partial charge < -0.3 is 4.90 Å². The van der Waals surface area contributed by atoms with Gasteiger partial charge in [0.05, 0.1) is 11.1 Å². The van der Waals surface area contributed by atoms with E-state index in [1.165, 1.54) is 0 Å². The number of benzene rings is 3. The van der Waals surface area contributed by atoms with E-state index in [1.54, 1.807) is 36.1 Å². The van der Waals surface area contributed by atoms with Gasteiger partial charge in [0, 0.05) is 12.2 Å². The second kappa shape index (κ2) is 6.93. The van der Waals surface area contributed by atoms with Crippen molar-refractivity contribution < 1.29 is 14.4 Å². The van der Waals surface area contributed by atoms with Crippen LogP contribution >= 0.6 is 0 Å². The van der Waals surface area contributed by atoms with Crippen molar-refractivity contribution in [2.75, 3.05) is 11.4 Å². The van der Waals surface area contributed by atoms with Crippen LogP contribution in [0.5, 0.6) is 0 Å². The van der Waals surface area contributed by atoms with Gasteiger partial charge in [-0.1, -0.05) is 42.5 Å². The fourth-order valence-electron chi connectivity index (χ4n) is 3.71. The van der Waals surface area contributed by atoms with E-state index in [2.05, 4.69) is 0 Å². The van der Waals surface area contributed by atoms with Crippen molar-refractivity contribution in [2.24, 2.45) is 0 Å². The van der Waals surface area contributed by atoms with Crippen LogP contribution in [0.15, 0.2) is 66.7 Å². The second-order valence-corrected chi connectivity index (χ2v) is 6.82. The number of carbonyl (C=O) groups excluding carboxylic acids is 3. The molecule has 3 aromatic carbocycles. The van der Waals surface area contributed by atoms with Crippen LogP contribution in [0.1, 0.15) is 34.6 Å². The Balaban J connectivity index is 1.65. The van der Waals surface area contributed by atoms with Gasteiger partial charge in [0.15, 0.2) is 0 Å². The Hall–Kier alpha value is -3.47. The first-order valence-electron chi connectivity index (χ1n) is 9.30. The molecular formula is C23H20N2O3. The van der Waals surface area contributed by atoms with E-state index in [1.807, 2.05) is 49.4 Å². The number of hydrogen-bond acceptors (Lipinski definition) is 3. The van der Waals surface area contributed by atoms with Gasteiger partial charge in [-0.25, -0.2) is 0 Å². The van der Waals surface area contributed by atoms with Gasteiger partial charge in [0.2, 0.25) is 5.91 Å². The Morgan fingerprint density at radius 3 is 2.07 bits per heavy atom. The van der Waals surface area contributed by atoms with Gasteiger partial charge in [-0.15, -0.1) is 0 Å². The molecule has 3 aromatic rings. The number of nitrogens with zero attached hydrogens (tertiary/aromatic N) is 2. The molecule has 0 fully saturated rings.